The van der Waals surface area contributed by atoms with Gasteiger partial charge in [0.2, 0.25) is 11.8 Å². The van der Waals surface area contributed by atoms with Crippen LogP contribution >= 0.6 is 0 Å². The Labute approximate surface area is 219 Å². The normalized spacial score (nSPS) is 23.2. The monoisotopic (exact) mass is 523 g/mol. The third kappa shape index (κ3) is 4.55. The van der Waals surface area contributed by atoms with Gasteiger partial charge in [0.25, 0.3) is 0 Å². The number of rotatable bonds is 8. The first-order valence-electron chi connectivity index (χ1n) is 12.8. The fourth-order valence-corrected chi connectivity index (χ4v) is 5.80. The lowest BCUT2D eigenvalue weighted by Gasteiger charge is -2.54. The van der Waals surface area contributed by atoms with E-state index in [-0.39, 0.29) is 36.5 Å². The smallest absolute Gasteiger partial charge is 0.332 e. The molecule has 7 rings (SSSR count). The highest BCUT2D eigenvalue weighted by Crippen LogP contribution is 2.43. The lowest BCUT2D eigenvalue weighted by atomic mass is 9.76. The molecule has 0 amide bonds. The van der Waals surface area contributed by atoms with Crippen molar-refractivity contribution < 1.29 is 28.1 Å². The van der Waals surface area contributed by atoms with Gasteiger partial charge in [-0.25, -0.2) is 19.2 Å². The quantitative estimate of drug-likeness (QED) is 0.349. The summed E-state index contributed by atoms with van der Waals surface area (Å²) < 4.78 is 38.2. The minimum atomic E-state index is -0.514. The fourth-order valence-electron chi connectivity index (χ4n) is 5.80. The highest BCUT2D eigenvalue weighted by atomic mass is 19.1. The highest BCUT2D eigenvalue weighted by Gasteiger charge is 2.48. The molecule has 3 aromatic heterocycles. The molecule has 1 atom stereocenters. The molecule has 1 N–H and O–H groups in total. The Bertz CT molecular complexity index is 1350. The van der Waals surface area contributed by atoms with Crippen LogP contribution in [0.3, 0.4) is 0 Å². The number of carbonyl (C=O) groups excluding carboxylic acids is 1. The van der Waals surface area contributed by atoms with Crippen LogP contribution in [0.4, 0.5) is 10.1 Å². The zero-order chi connectivity index (χ0) is 26.3. The molecule has 2 saturated heterocycles. The third-order valence-electron chi connectivity index (χ3n) is 7.89. The SMILES string of the molecule is COc1ccc2ncc(F)c(CC(OC)N(Cc3ccc4c(n3)OC(=O)CN4)C34CCC(CC3)OC4)c2n1. The van der Waals surface area contributed by atoms with Crippen molar-refractivity contribution in [2.24, 2.45) is 0 Å². The summed E-state index contributed by atoms with van der Waals surface area (Å²) in [6.07, 6.45) is 5.01. The maximum absolute atomic E-state index is 15.3. The molecule has 6 heterocycles. The van der Waals surface area contributed by atoms with Crippen LogP contribution in [0, 0.1) is 5.82 Å². The molecule has 0 aromatic carbocycles. The molecule has 10 nitrogen and oxygen atoms in total. The maximum atomic E-state index is 15.3. The number of nitrogens with one attached hydrogen (secondary N) is 1. The van der Waals surface area contributed by atoms with Crippen LogP contribution in [0.5, 0.6) is 11.8 Å². The molecule has 1 saturated carbocycles. The highest BCUT2D eigenvalue weighted by molar-refractivity contribution is 5.82. The molecule has 200 valence electrons. The number of esters is 1. The van der Waals surface area contributed by atoms with Crippen molar-refractivity contribution >= 4 is 22.7 Å². The van der Waals surface area contributed by atoms with Gasteiger partial charge in [-0.1, -0.05) is 0 Å². The van der Waals surface area contributed by atoms with Crippen LogP contribution in [0.1, 0.15) is 36.9 Å². The van der Waals surface area contributed by atoms with Gasteiger partial charge in [-0.15, -0.1) is 0 Å². The average Bonchev–Trinajstić information content (AvgIpc) is 2.96. The molecule has 38 heavy (non-hydrogen) atoms. The number of hydrogen-bond acceptors (Lipinski definition) is 10. The van der Waals surface area contributed by atoms with Gasteiger partial charge < -0.3 is 24.3 Å². The van der Waals surface area contributed by atoms with E-state index in [9.17, 15) is 4.79 Å². The van der Waals surface area contributed by atoms with Crippen molar-refractivity contribution in [3.05, 3.63) is 47.5 Å². The molecule has 4 aliphatic rings. The number of ether oxygens (including phenoxy) is 4. The standard InChI is InChI=1S/C27H30FN5O5/c1-35-22-6-5-20-25(32-22)18(19(28)12-29-20)11-23(36-2)33(27-9-7-17(8-10-27)37-15-27)14-16-3-4-21-26(31-16)38-24(34)13-30-21/h3-6,12,17,23,30H,7-11,13-15H2,1-2H3. The Kier molecular flexibility index (Phi) is 6.58. The van der Waals surface area contributed by atoms with Gasteiger partial charge in [-0.2, -0.15) is 0 Å². The van der Waals surface area contributed by atoms with E-state index >= 15 is 4.39 Å². The summed E-state index contributed by atoms with van der Waals surface area (Å²) >= 11 is 0. The maximum Gasteiger partial charge on any atom is 0.332 e. The number of halogens is 1. The van der Waals surface area contributed by atoms with E-state index in [4.69, 9.17) is 18.9 Å². The summed E-state index contributed by atoms with van der Waals surface area (Å²) in [5, 5.41) is 3.02. The Balaban J connectivity index is 1.38. The summed E-state index contributed by atoms with van der Waals surface area (Å²) in [6, 6.07) is 7.25. The number of methoxy groups -OCH3 is 2. The first-order valence-corrected chi connectivity index (χ1v) is 12.8. The number of nitrogens with zero attached hydrogens (tertiary/aromatic N) is 4. The zero-order valence-electron chi connectivity index (χ0n) is 21.4. The topological polar surface area (TPSA) is 108 Å². The number of fused-ring (bicyclic) bond motifs is 5. The van der Waals surface area contributed by atoms with E-state index in [1.165, 1.54) is 13.3 Å². The minimum Gasteiger partial charge on any atom is -0.481 e. The van der Waals surface area contributed by atoms with Gasteiger partial charge in [-0.05, 0) is 43.9 Å². The molecular weight excluding hydrogens is 493 g/mol. The van der Waals surface area contributed by atoms with Crippen molar-refractivity contribution in [1.82, 2.24) is 19.9 Å². The van der Waals surface area contributed by atoms with Crippen molar-refractivity contribution in [3.8, 4) is 11.8 Å². The van der Waals surface area contributed by atoms with Crippen molar-refractivity contribution in [1.29, 1.82) is 0 Å². The molecule has 0 spiro atoms. The number of anilines is 1. The lowest BCUT2D eigenvalue weighted by molar-refractivity contribution is -0.186. The van der Waals surface area contributed by atoms with Gasteiger partial charge in [0.15, 0.2) is 0 Å². The Morgan fingerprint density at radius 1 is 1.21 bits per heavy atom. The fraction of sp³-hybridized carbons (Fsp3) is 0.481. The summed E-state index contributed by atoms with van der Waals surface area (Å²) in [6.45, 7) is 1.07. The van der Waals surface area contributed by atoms with Crippen LogP contribution in [-0.4, -0.2) is 71.1 Å². The molecular formula is C27H30FN5O5. The second-order valence-corrected chi connectivity index (χ2v) is 10.0. The predicted molar refractivity (Wildman–Crippen MR) is 135 cm³/mol. The summed E-state index contributed by atoms with van der Waals surface area (Å²) in [5.74, 6) is -0.187. The van der Waals surface area contributed by atoms with E-state index < -0.39 is 12.0 Å². The van der Waals surface area contributed by atoms with Crippen LogP contribution in [0.2, 0.25) is 0 Å². The van der Waals surface area contributed by atoms with Crippen LogP contribution in [0.25, 0.3) is 11.0 Å². The molecule has 11 heteroatoms. The Hall–Kier alpha value is -3.41. The lowest BCUT2D eigenvalue weighted by Crippen LogP contribution is -2.62. The number of hydrogen-bond donors (Lipinski definition) is 1. The van der Waals surface area contributed by atoms with Crippen LogP contribution in [0.15, 0.2) is 30.5 Å². The van der Waals surface area contributed by atoms with Crippen LogP contribution < -0.4 is 14.8 Å². The molecule has 2 bridgehead atoms. The van der Waals surface area contributed by atoms with E-state index in [0.29, 0.717) is 47.0 Å². The van der Waals surface area contributed by atoms with Gasteiger partial charge in [0.1, 0.15) is 18.6 Å². The first kappa shape index (κ1) is 24.9. The summed E-state index contributed by atoms with van der Waals surface area (Å²) in [4.78, 5) is 27.4. The minimum absolute atomic E-state index is 0.109. The number of aromatic nitrogens is 3. The third-order valence-corrected chi connectivity index (χ3v) is 7.89. The van der Waals surface area contributed by atoms with E-state index in [0.717, 1.165) is 25.7 Å². The van der Waals surface area contributed by atoms with Crippen molar-refractivity contribution in [2.45, 2.75) is 56.5 Å². The molecule has 3 aromatic rings. The van der Waals surface area contributed by atoms with Gasteiger partial charge in [-0.3, -0.25) is 9.88 Å². The molecule has 3 aliphatic heterocycles. The van der Waals surface area contributed by atoms with Crippen LogP contribution in [-0.2, 0) is 27.2 Å². The first-order chi connectivity index (χ1) is 18.5. The summed E-state index contributed by atoms with van der Waals surface area (Å²) in [5.41, 5.74) is 2.51. The van der Waals surface area contributed by atoms with Crippen molar-refractivity contribution in [3.63, 3.8) is 0 Å². The summed E-state index contributed by atoms with van der Waals surface area (Å²) in [7, 11) is 3.15. The largest absolute Gasteiger partial charge is 0.481 e. The molecule has 1 aliphatic carbocycles. The second-order valence-electron chi connectivity index (χ2n) is 10.0. The van der Waals surface area contributed by atoms with E-state index in [1.807, 2.05) is 12.1 Å². The average molecular weight is 524 g/mol. The molecule has 1 unspecified atom stereocenters. The second kappa shape index (κ2) is 10.0. The van der Waals surface area contributed by atoms with Gasteiger partial charge in [0.05, 0.1) is 48.4 Å². The number of pyridine rings is 3. The molecule has 0 radical (unpaired) electrons. The number of carbonyl (C=O) groups is 1. The van der Waals surface area contributed by atoms with E-state index in [1.54, 1.807) is 19.2 Å². The van der Waals surface area contributed by atoms with E-state index in [2.05, 4.69) is 25.2 Å². The Morgan fingerprint density at radius 2 is 2.05 bits per heavy atom. The van der Waals surface area contributed by atoms with Crippen molar-refractivity contribution in [2.75, 3.05) is 32.7 Å². The molecule has 3 fully saturated rings. The Morgan fingerprint density at radius 3 is 2.79 bits per heavy atom. The predicted octanol–water partition coefficient (Wildman–Crippen LogP) is 3.23. The van der Waals surface area contributed by atoms with Gasteiger partial charge >= 0.3 is 5.97 Å². The van der Waals surface area contributed by atoms with Gasteiger partial charge in [0, 0.05) is 37.2 Å². The zero-order valence-corrected chi connectivity index (χ0v) is 21.4.